The van der Waals surface area contributed by atoms with Crippen LogP contribution in [0, 0.1) is 0 Å². The van der Waals surface area contributed by atoms with Crippen LogP contribution in [0.25, 0.3) is 11.0 Å². The van der Waals surface area contributed by atoms with Crippen molar-refractivity contribution in [2.75, 3.05) is 0 Å². The lowest BCUT2D eigenvalue weighted by molar-refractivity contribution is -0.136. The van der Waals surface area contributed by atoms with E-state index in [0.717, 1.165) is 0 Å². The summed E-state index contributed by atoms with van der Waals surface area (Å²) >= 11 is 0. The van der Waals surface area contributed by atoms with Crippen LogP contribution < -0.4 is 5.73 Å². The van der Waals surface area contributed by atoms with Crippen LogP contribution in [0.1, 0.15) is 24.4 Å². The summed E-state index contributed by atoms with van der Waals surface area (Å²) in [5.41, 5.74) is 7.73. The molecule has 1 atom stereocenters. The molecule has 0 aliphatic carbocycles. The summed E-state index contributed by atoms with van der Waals surface area (Å²) in [5, 5.41) is 0. The molecule has 0 radical (unpaired) electrons. The second-order valence-corrected chi connectivity index (χ2v) is 4.06. The van der Waals surface area contributed by atoms with Gasteiger partial charge < -0.3 is 5.73 Å². The van der Waals surface area contributed by atoms with Gasteiger partial charge in [-0.3, -0.25) is 9.97 Å². The first kappa shape index (κ1) is 12.8. The molecule has 0 fully saturated rings. The van der Waals surface area contributed by atoms with Gasteiger partial charge in [-0.05, 0) is 24.1 Å². The first-order valence-electron chi connectivity index (χ1n) is 5.49. The van der Waals surface area contributed by atoms with Gasteiger partial charge in [0.2, 0.25) is 0 Å². The van der Waals surface area contributed by atoms with Gasteiger partial charge in [0.05, 0.1) is 11.0 Å². The maximum atomic E-state index is 12.1. The van der Waals surface area contributed by atoms with Gasteiger partial charge in [0.25, 0.3) is 0 Å². The van der Waals surface area contributed by atoms with Gasteiger partial charge in [-0.15, -0.1) is 0 Å². The average molecular weight is 255 g/mol. The molecule has 0 aliphatic heterocycles. The van der Waals surface area contributed by atoms with E-state index in [0.29, 0.717) is 16.6 Å². The number of benzene rings is 1. The van der Waals surface area contributed by atoms with Crippen molar-refractivity contribution < 1.29 is 13.2 Å². The number of fused-ring (bicyclic) bond motifs is 1. The highest BCUT2D eigenvalue weighted by Crippen LogP contribution is 2.27. The normalized spacial score (nSPS) is 13.8. The lowest BCUT2D eigenvalue weighted by Crippen LogP contribution is -2.15. The number of halogens is 3. The number of nitrogens with two attached hydrogens (primary N) is 1. The van der Waals surface area contributed by atoms with Crippen LogP contribution in [0.4, 0.5) is 13.2 Å². The van der Waals surface area contributed by atoms with E-state index in [4.69, 9.17) is 5.73 Å². The Morgan fingerprint density at radius 1 is 1.11 bits per heavy atom. The predicted molar refractivity (Wildman–Crippen MR) is 61.8 cm³/mol. The maximum Gasteiger partial charge on any atom is 0.389 e. The fourth-order valence-corrected chi connectivity index (χ4v) is 1.70. The minimum Gasteiger partial charge on any atom is -0.324 e. The Morgan fingerprint density at radius 3 is 2.44 bits per heavy atom. The average Bonchev–Trinajstić information content (AvgIpc) is 2.34. The molecule has 0 spiro atoms. The molecule has 2 aromatic rings. The van der Waals surface area contributed by atoms with Gasteiger partial charge in [0, 0.05) is 24.9 Å². The number of hydrogen-bond donors (Lipinski definition) is 1. The Kier molecular flexibility index (Phi) is 3.47. The quantitative estimate of drug-likeness (QED) is 0.917. The van der Waals surface area contributed by atoms with Crippen LogP contribution in [0.5, 0.6) is 0 Å². The lowest BCUT2D eigenvalue weighted by atomic mass is 10.0. The summed E-state index contributed by atoms with van der Waals surface area (Å²) in [6.07, 6.45) is -2.09. The summed E-state index contributed by atoms with van der Waals surface area (Å²) in [6.45, 7) is 0. The molecule has 18 heavy (non-hydrogen) atoms. The lowest BCUT2D eigenvalue weighted by Gasteiger charge is -2.13. The fraction of sp³-hybridized carbons (Fsp3) is 0.333. The molecule has 0 aliphatic rings. The van der Waals surface area contributed by atoms with Crippen molar-refractivity contribution in [1.82, 2.24) is 9.97 Å². The minimum atomic E-state index is -4.17. The largest absolute Gasteiger partial charge is 0.389 e. The van der Waals surface area contributed by atoms with Crippen molar-refractivity contribution in [3.8, 4) is 0 Å². The van der Waals surface area contributed by atoms with Crippen molar-refractivity contribution in [3.05, 3.63) is 36.2 Å². The SMILES string of the molecule is NC(CCC(F)(F)F)c1ccc2nccnc2c1. The van der Waals surface area contributed by atoms with Gasteiger partial charge in [0.1, 0.15) is 0 Å². The van der Waals surface area contributed by atoms with Gasteiger partial charge in [-0.2, -0.15) is 13.2 Å². The van der Waals surface area contributed by atoms with Crippen molar-refractivity contribution in [3.63, 3.8) is 0 Å². The molecule has 1 aromatic carbocycles. The zero-order valence-corrected chi connectivity index (χ0v) is 9.48. The van der Waals surface area contributed by atoms with Crippen LogP contribution in [-0.2, 0) is 0 Å². The van der Waals surface area contributed by atoms with Crippen molar-refractivity contribution in [1.29, 1.82) is 0 Å². The van der Waals surface area contributed by atoms with E-state index < -0.39 is 18.6 Å². The molecule has 0 amide bonds. The topological polar surface area (TPSA) is 51.8 Å². The molecule has 0 saturated heterocycles. The van der Waals surface area contributed by atoms with Crippen LogP contribution in [-0.4, -0.2) is 16.1 Å². The Balaban J connectivity index is 2.15. The van der Waals surface area contributed by atoms with Crippen molar-refractivity contribution >= 4 is 11.0 Å². The molecular weight excluding hydrogens is 243 g/mol. The highest BCUT2D eigenvalue weighted by molar-refractivity contribution is 5.74. The molecule has 2 N–H and O–H groups in total. The third kappa shape index (κ3) is 3.16. The van der Waals surface area contributed by atoms with E-state index in [9.17, 15) is 13.2 Å². The van der Waals surface area contributed by atoms with Gasteiger partial charge in [-0.25, -0.2) is 0 Å². The van der Waals surface area contributed by atoms with Gasteiger partial charge >= 0.3 is 6.18 Å². The van der Waals surface area contributed by atoms with Crippen molar-refractivity contribution in [2.45, 2.75) is 25.1 Å². The maximum absolute atomic E-state index is 12.1. The highest BCUT2D eigenvalue weighted by Gasteiger charge is 2.27. The molecule has 6 heteroatoms. The van der Waals surface area contributed by atoms with Crippen molar-refractivity contribution in [2.24, 2.45) is 5.73 Å². The molecule has 0 saturated carbocycles. The first-order chi connectivity index (χ1) is 8.46. The van der Waals surface area contributed by atoms with Crippen LogP contribution in [0.2, 0.25) is 0 Å². The summed E-state index contributed by atoms with van der Waals surface area (Å²) < 4.78 is 36.3. The van der Waals surface area contributed by atoms with E-state index >= 15 is 0 Å². The smallest absolute Gasteiger partial charge is 0.324 e. The predicted octanol–water partition coefficient (Wildman–Crippen LogP) is 2.97. The van der Waals surface area contributed by atoms with Crippen LogP contribution >= 0.6 is 0 Å². The number of hydrogen-bond acceptors (Lipinski definition) is 3. The number of alkyl halides is 3. The van der Waals surface area contributed by atoms with E-state index in [-0.39, 0.29) is 6.42 Å². The zero-order valence-electron chi connectivity index (χ0n) is 9.48. The summed E-state index contributed by atoms with van der Waals surface area (Å²) in [6, 6.07) is 4.45. The van der Waals surface area contributed by atoms with E-state index in [1.807, 2.05) is 0 Å². The molecule has 3 nitrogen and oxygen atoms in total. The third-order valence-electron chi connectivity index (χ3n) is 2.66. The Bertz CT molecular complexity index is 539. The molecule has 96 valence electrons. The second kappa shape index (κ2) is 4.89. The van der Waals surface area contributed by atoms with E-state index in [1.165, 1.54) is 6.20 Å². The molecule has 2 rings (SSSR count). The van der Waals surface area contributed by atoms with Gasteiger partial charge in [0.15, 0.2) is 0 Å². The molecule has 1 aromatic heterocycles. The zero-order chi connectivity index (χ0) is 13.2. The standard InChI is InChI=1S/C12H12F3N3/c13-12(14,15)4-3-9(16)8-1-2-10-11(7-8)18-6-5-17-10/h1-2,5-7,9H,3-4,16H2. The Hall–Kier alpha value is -1.69. The summed E-state index contributed by atoms with van der Waals surface area (Å²) in [4.78, 5) is 8.18. The third-order valence-corrected chi connectivity index (χ3v) is 2.66. The molecule has 1 heterocycles. The Labute approximate surface area is 102 Å². The molecule has 0 bridgehead atoms. The van der Waals surface area contributed by atoms with E-state index in [1.54, 1.807) is 24.4 Å². The minimum absolute atomic E-state index is 0.130. The summed E-state index contributed by atoms with van der Waals surface area (Å²) in [5.74, 6) is 0. The highest BCUT2D eigenvalue weighted by atomic mass is 19.4. The van der Waals surface area contributed by atoms with Crippen LogP contribution in [0.3, 0.4) is 0 Å². The molecule has 1 unspecified atom stereocenters. The summed E-state index contributed by atoms with van der Waals surface area (Å²) in [7, 11) is 0. The van der Waals surface area contributed by atoms with E-state index in [2.05, 4.69) is 9.97 Å². The number of rotatable bonds is 3. The van der Waals surface area contributed by atoms with Crippen LogP contribution in [0.15, 0.2) is 30.6 Å². The Morgan fingerprint density at radius 2 is 1.78 bits per heavy atom. The molecular formula is C12H12F3N3. The fourth-order valence-electron chi connectivity index (χ4n) is 1.70. The second-order valence-electron chi connectivity index (χ2n) is 4.06. The number of aromatic nitrogens is 2. The first-order valence-corrected chi connectivity index (χ1v) is 5.49. The number of nitrogens with zero attached hydrogens (tertiary/aromatic N) is 2. The van der Waals surface area contributed by atoms with Gasteiger partial charge in [-0.1, -0.05) is 6.07 Å². The monoisotopic (exact) mass is 255 g/mol.